The van der Waals surface area contributed by atoms with Crippen LogP contribution in [0.1, 0.15) is 71.4 Å². The third kappa shape index (κ3) is 5.03. The zero-order valence-corrected chi connectivity index (χ0v) is 19.5. The number of hydrogen-bond donors (Lipinski definition) is 0. The van der Waals surface area contributed by atoms with Crippen LogP contribution in [0.3, 0.4) is 0 Å². The fourth-order valence-corrected chi connectivity index (χ4v) is 4.58. The Morgan fingerprint density at radius 2 is 1.83 bits per heavy atom. The topological polar surface area (TPSA) is 26.3 Å². The Bertz CT molecular complexity index is 931. The van der Waals surface area contributed by atoms with Gasteiger partial charge in [-0.15, -0.1) is 0 Å². The number of ketones is 1. The molecule has 1 unspecified atom stereocenters. The third-order valence-electron chi connectivity index (χ3n) is 6.23. The normalized spacial score (nSPS) is 21.0. The zero-order valence-electron chi connectivity index (χ0n) is 19.5. The molecule has 1 aliphatic heterocycles. The van der Waals surface area contributed by atoms with E-state index in [0.29, 0.717) is 18.8 Å². The molecule has 0 spiro atoms. The monoisotopic (exact) mass is 404 g/mol. The van der Waals surface area contributed by atoms with Crippen LogP contribution in [0.4, 0.5) is 0 Å². The first-order chi connectivity index (χ1) is 14.1. The zero-order chi connectivity index (χ0) is 22.1. The summed E-state index contributed by atoms with van der Waals surface area (Å²) in [4.78, 5) is 13.1. The van der Waals surface area contributed by atoms with Crippen LogP contribution in [0.5, 0.6) is 0 Å². The molecule has 1 atom stereocenters. The van der Waals surface area contributed by atoms with E-state index >= 15 is 0 Å². The first-order valence-electron chi connectivity index (χ1n) is 11.0. The highest BCUT2D eigenvalue weighted by molar-refractivity contribution is 5.98. The van der Waals surface area contributed by atoms with Gasteiger partial charge in [0.2, 0.25) is 0 Å². The summed E-state index contributed by atoms with van der Waals surface area (Å²) >= 11 is 0. The number of benzene rings is 1. The maximum atomic E-state index is 13.1. The summed E-state index contributed by atoms with van der Waals surface area (Å²) < 4.78 is 6.22. The highest BCUT2D eigenvalue weighted by Crippen LogP contribution is 2.45. The van der Waals surface area contributed by atoms with Crippen molar-refractivity contribution in [2.45, 2.75) is 67.2 Å². The van der Waals surface area contributed by atoms with E-state index in [4.69, 9.17) is 4.74 Å². The van der Waals surface area contributed by atoms with E-state index < -0.39 is 0 Å². The van der Waals surface area contributed by atoms with Gasteiger partial charge in [-0.05, 0) is 63.5 Å². The molecular weight excluding hydrogens is 368 g/mol. The van der Waals surface area contributed by atoms with E-state index in [1.165, 1.54) is 22.3 Å². The van der Waals surface area contributed by atoms with Crippen LogP contribution in [0, 0.1) is 18.3 Å². The van der Waals surface area contributed by atoms with Crippen molar-refractivity contribution < 1.29 is 9.53 Å². The molecule has 1 aromatic rings. The van der Waals surface area contributed by atoms with Crippen LogP contribution in [0.2, 0.25) is 0 Å². The van der Waals surface area contributed by atoms with Gasteiger partial charge in [0.1, 0.15) is 5.76 Å². The molecule has 2 heteroatoms. The maximum Gasteiger partial charge on any atom is 0.159 e. The molecule has 0 amide bonds. The van der Waals surface area contributed by atoms with Crippen LogP contribution in [-0.2, 0) is 9.53 Å². The van der Waals surface area contributed by atoms with Crippen LogP contribution < -0.4 is 0 Å². The maximum absolute atomic E-state index is 13.1. The number of rotatable bonds is 6. The van der Waals surface area contributed by atoms with E-state index in [-0.39, 0.29) is 11.3 Å². The Morgan fingerprint density at radius 1 is 1.17 bits per heavy atom. The first-order valence-corrected chi connectivity index (χ1v) is 11.0. The molecule has 0 aromatic heterocycles. The summed E-state index contributed by atoms with van der Waals surface area (Å²) in [5, 5.41) is 0. The van der Waals surface area contributed by atoms with E-state index in [1.807, 2.05) is 0 Å². The Balaban J connectivity index is 2.08. The molecule has 1 heterocycles. The second-order valence-corrected chi connectivity index (χ2v) is 10.1. The number of ether oxygens (including phenoxy) is 1. The van der Waals surface area contributed by atoms with Gasteiger partial charge in [-0.1, -0.05) is 73.1 Å². The fourth-order valence-electron chi connectivity index (χ4n) is 4.58. The summed E-state index contributed by atoms with van der Waals surface area (Å²) in [6.45, 7) is 17.7. The highest BCUT2D eigenvalue weighted by Gasteiger charge is 2.35. The van der Waals surface area contributed by atoms with Gasteiger partial charge in [0, 0.05) is 17.9 Å². The van der Waals surface area contributed by atoms with Gasteiger partial charge < -0.3 is 4.74 Å². The van der Waals surface area contributed by atoms with E-state index in [9.17, 15) is 4.79 Å². The average molecular weight is 405 g/mol. The van der Waals surface area contributed by atoms with Crippen molar-refractivity contribution in [3.05, 3.63) is 75.9 Å². The molecule has 160 valence electrons. The number of allylic oxidation sites excluding steroid dienone is 4. The summed E-state index contributed by atoms with van der Waals surface area (Å²) in [6.07, 6.45) is 5.30. The van der Waals surface area contributed by atoms with Crippen LogP contribution >= 0.6 is 0 Å². The Labute approximate surface area is 182 Å². The van der Waals surface area contributed by atoms with Gasteiger partial charge in [0.25, 0.3) is 0 Å². The predicted octanol–water partition coefficient (Wildman–Crippen LogP) is 7.36. The van der Waals surface area contributed by atoms with E-state index in [1.54, 1.807) is 0 Å². The number of carbonyl (C=O) groups is 1. The van der Waals surface area contributed by atoms with Crippen LogP contribution in [0.15, 0.2) is 64.8 Å². The van der Waals surface area contributed by atoms with Gasteiger partial charge in [0.05, 0.1) is 6.61 Å². The quantitative estimate of drug-likeness (QED) is 0.463. The number of carbonyl (C=O) groups excluding carboxylic acids is 1. The molecule has 0 fully saturated rings. The average Bonchev–Trinajstić information content (AvgIpc) is 3.04. The molecular formula is C28H36O2. The minimum Gasteiger partial charge on any atom is -0.492 e. The lowest BCUT2D eigenvalue weighted by Crippen LogP contribution is -2.26. The van der Waals surface area contributed by atoms with Crippen molar-refractivity contribution in [1.29, 1.82) is 0 Å². The Morgan fingerprint density at radius 3 is 2.43 bits per heavy atom. The van der Waals surface area contributed by atoms with Gasteiger partial charge in [-0.25, -0.2) is 0 Å². The predicted molar refractivity (Wildman–Crippen MR) is 126 cm³/mol. The first kappa shape index (κ1) is 22.3. The minimum absolute atomic E-state index is 0.00363. The molecule has 30 heavy (non-hydrogen) atoms. The molecule has 2 aliphatic rings. The van der Waals surface area contributed by atoms with Gasteiger partial charge >= 0.3 is 0 Å². The lowest BCUT2D eigenvalue weighted by Gasteiger charge is -2.33. The minimum atomic E-state index is 0.00363. The summed E-state index contributed by atoms with van der Waals surface area (Å²) in [6, 6.07) is 8.54. The molecule has 0 radical (unpaired) electrons. The lowest BCUT2D eigenvalue weighted by molar-refractivity contribution is -0.118. The van der Waals surface area contributed by atoms with Crippen molar-refractivity contribution in [3.8, 4) is 0 Å². The number of Topliss-reactive ketones (excluding diaryl/α,β-unsaturated/α-hetero) is 1. The second-order valence-electron chi connectivity index (χ2n) is 10.1. The van der Waals surface area contributed by atoms with Crippen molar-refractivity contribution in [1.82, 2.24) is 0 Å². The molecule has 0 N–H and O–H groups in total. The molecule has 1 aliphatic carbocycles. The molecule has 0 bridgehead atoms. The highest BCUT2D eigenvalue weighted by atomic mass is 16.5. The number of hydrogen-bond acceptors (Lipinski definition) is 2. The lowest BCUT2D eigenvalue weighted by atomic mass is 9.70. The van der Waals surface area contributed by atoms with E-state index in [2.05, 4.69) is 78.5 Å². The molecule has 1 aromatic carbocycles. The summed E-state index contributed by atoms with van der Waals surface area (Å²) in [7, 11) is 0. The standard InChI is InChI=1S/C28H36O2/c1-18(2)8-13-23-22(15-28(6,7)16-26(23)29)14-24-25(19(3)4)17-30-27(24)21-11-9-20(5)10-12-21/h8-12,25H,3,13-17H2,1-2,4-7H3. The van der Waals surface area contributed by atoms with Gasteiger partial charge in [0.15, 0.2) is 5.78 Å². The third-order valence-corrected chi connectivity index (χ3v) is 6.23. The van der Waals surface area contributed by atoms with Crippen molar-refractivity contribution in [3.63, 3.8) is 0 Å². The Hall–Kier alpha value is -2.35. The van der Waals surface area contributed by atoms with E-state index in [0.717, 1.165) is 41.7 Å². The van der Waals surface area contributed by atoms with Gasteiger partial charge in [-0.3, -0.25) is 4.79 Å². The smallest absolute Gasteiger partial charge is 0.159 e. The Kier molecular flexibility index (Phi) is 6.55. The molecule has 2 nitrogen and oxygen atoms in total. The van der Waals surface area contributed by atoms with Crippen LogP contribution in [-0.4, -0.2) is 12.4 Å². The van der Waals surface area contributed by atoms with Crippen molar-refractivity contribution in [2.75, 3.05) is 6.61 Å². The summed E-state index contributed by atoms with van der Waals surface area (Å²) in [5.41, 5.74) is 8.31. The fraction of sp³-hybridized carbons (Fsp3) is 0.464. The SMILES string of the molecule is C=C(C)C1COC(c2ccc(C)cc2)=C1CC1=C(CC=C(C)C)C(=O)CC(C)(C)C1. The molecule has 0 saturated carbocycles. The molecule has 0 saturated heterocycles. The van der Waals surface area contributed by atoms with Crippen molar-refractivity contribution >= 4 is 11.5 Å². The van der Waals surface area contributed by atoms with Gasteiger partial charge in [-0.2, -0.15) is 0 Å². The summed E-state index contributed by atoms with van der Waals surface area (Å²) in [5.74, 6) is 1.49. The number of aryl methyl sites for hydroxylation is 1. The second kappa shape index (κ2) is 8.79. The largest absolute Gasteiger partial charge is 0.492 e. The molecule has 3 rings (SSSR count). The van der Waals surface area contributed by atoms with Crippen LogP contribution in [0.25, 0.3) is 5.76 Å². The van der Waals surface area contributed by atoms with Crippen molar-refractivity contribution in [2.24, 2.45) is 11.3 Å².